The molecule has 0 saturated carbocycles. The molecule has 0 unspecified atom stereocenters. The summed E-state index contributed by atoms with van der Waals surface area (Å²) in [6.45, 7) is 1.87. The maximum atomic E-state index is 12.6. The fourth-order valence-electron chi connectivity index (χ4n) is 2.85. The molecule has 1 aliphatic heterocycles. The first kappa shape index (κ1) is 14.4. The lowest BCUT2D eigenvalue weighted by molar-refractivity contribution is 0.0844. The summed E-state index contributed by atoms with van der Waals surface area (Å²) in [5.74, 6) is 1.73. The number of carbonyl (C=O) groups is 1. The van der Waals surface area contributed by atoms with Gasteiger partial charge in [-0.05, 0) is 12.5 Å². The van der Waals surface area contributed by atoms with E-state index in [9.17, 15) is 4.79 Å². The Morgan fingerprint density at radius 3 is 2.50 bits per heavy atom. The number of hydrogen-bond acceptors (Lipinski definition) is 4. The molecule has 4 nitrogen and oxygen atoms in total. The maximum Gasteiger partial charge on any atom is 0.174 e. The van der Waals surface area contributed by atoms with Crippen LogP contribution in [0.4, 0.5) is 0 Å². The summed E-state index contributed by atoms with van der Waals surface area (Å²) in [6.07, 6.45) is 0.0254. The average molecular weight is 298 g/mol. The molecule has 114 valence electrons. The minimum absolute atomic E-state index is 0.0257. The smallest absolute Gasteiger partial charge is 0.174 e. The molecule has 0 saturated heterocycles. The molecular weight excluding hydrogens is 280 g/mol. The standard InChI is InChI=1S/C18H18O4/c1-11-14(20-2)10-16-17(18(11)21-3)13(19)9-15(22-16)12-7-5-4-6-8-12/h4-8,10,15H,9H2,1-3H3/t15-/m1/s1. The largest absolute Gasteiger partial charge is 0.496 e. The van der Waals surface area contributed by atoms with Gasteiger partial charge in [-0.15, -0.1) is 0 Å². The molecule has 0 N–H and O–H groups in total. The monoisotopic (exact) mass is 298 g/mol. The van der Waals surface area contributed by atoms with Crippen molar-refractivity contribution in [2.45, 2.75) is 19.4 Å². The molecule has 0 radical (unpaired) electrons. The molecule has 0 aliphatic carbocycles. The van der Waals surface area contributed by atoms with Crippen molar-refractivity contribution in [3.05, 3.63) is 53.1 Å². The number of methoxy groups -OCH3 is 2. The number of fused-ring (bicyclic) bond motifs is 1. The van der Waals surface area contributed by atoms with Crippen LogP contribution in [-0.2, 0) is 0 Å². The van der Waals surface area contributed by atoms with Crippen LogP contribution in [0.15, 0.2) is 36.4 Å². The third-order valence-corrected chi connectivity index (χ3v) is 3.96. The molecule has 2 aromatic carbocycles. The van der Waals surface area contributed by atoms with Crippen molar-refractivity contribution in [2.75, 3.05) is 14.2 Å². The van der Waals surface area contributed by atoms with Crippen molar-refractivity contribution >= 4 is 5.78 Å². The van der Waals surface area contributed by atoms with Crippen LogP contribution in [0, 0.1) is 6.92 Å². The zero-order valence-electron chi connectivity index (χ0n) is 12.9. The predicted octanol–water partition coefficient (Wildman–Crippen LogP) is 3.72. The van der Waals surface area contributed by atoms with Gasteiger partial charge in [0.1, 0.15) is 28.9 Å². The first-order valence-electron chi connectivity index (χ1n) is 7.16. The van der Waals surface area contributed by atoms with E-state index in [4.69, 9.17) is 14.2 Å². The van der Waals surface area contributed by atoms with E-state index in [-0.39, 0.29) is 11.9 Å². The van der Waals surface area contributed by atoms with Gasteiger partial charge in [0.2, 0.25) is 0 Å². The van der Waals surface area contributed by atoms with Crippen molar-refractivity contribution in [2.24, 2.45) is 0 Å². The van der Waals surface area contributed by atoms with Crippen LogP contribution in [0.25, 0.3) is 0 Å². The maximum absolute atomic E-state index is 12.6. The summed E-state index contributed by atoms with van der Waals surface area (Å²) < 4.78 is 16.8. The zero-order chi connectivity index (χ0) is 15.7. The van der Waals surface area contributed by atoms with E-state index in [1.54, 1.807) is 20.3 Å². The van der Waals surface area contributed by atoms with Gasteiger partial charge >= 0.3 is 0 Å². The van der Waals surface area contributed by atoms with Crippen molar-refractivity contribution < 1.29 is 19.0 Å². The van der Waals surface area contributed by atoms with Crippen molar-refractivity contribution in [1.29, 1.82) is 0 Å². The number of ketones is 1. The molecule has 2 aromatic rings. The summed E-state index contributed by atoms with van der Waals surface area (Å²) >= 11 is 0. The fraction of sp³-hybridized carbons (Fsp3) is 0.278. The van der Waals surface area contributed by atoms with E-state index < -0.39 is 0 Å². The molecule has 1 aliphatic rings. The van der Waals surface area contributed by atoms with Crippen molar-refractivity contribution in [3.63, 3.8) is 0 Å². The normalized spacial score (nSPS) is 16.7. The number of carbonyl (C=O) groups excluding carboxylic acids is 1. The molecule has 0 amide bonds. The van der Waals surface area contributed by atoms with Crippen LogP contribution >= 0.6 is 0 Å². The highest BCUT2D eigenvalue weighted by atomic mass is 16.5. The topological polar surface area (TPSA) is 44.8 Å². The van der Waals surface area contributed by atoms with Crippen LogP contribution in [0.3, 0.4) is 0 Å². The molecule has 4 heteroatoms. The predicted molar refractivity (Wildman–Crippen MR) is 83.0 cm³/mol. The SMILES string of the molecule is COc1cc2c(c(OC)c1C)C(=O)C[C@H](c1ccccc1)O2. The Kier molecular flexibility index (Phi) is 3.75. The minimum atomic E-state index is -0.279. The molecule has 3 rings (SSSR count). The quantitative estimate of drug-likeness (QED) is 0.866. The molecule has 0 spiro atoms. The molecular formula is C18H18O4. The molecule has 0 aromatic heterocycles. The Morgan fingerprint density at radius 2 is 1.86 bits per heavy atom. The van der Waals surface area contributed by atoms with Crippen LogP contribution in [-0.4, -0.2) is 20.0 Å². The highest BCUT2D eigenvalue weighted by molar-refractivity contribution is 6.03. The number of hydrogen-bond donors (Lipinski definition) is 0. The number of Topliss-reactive ketones (excluding diaryl/α,β-unsaturated/α-hetero) is 1. The first-order chi connectivity index (χ1) is 10.7. The van der Waals surface area contributed by atoms with E-state index in [2.05, 4.69) is 0 Å². The van der Waals surface area contributed by atoms with Gasteiger partial charge in [-0.2, -0.15) is 0 Å². The van der Waals surface area contributed by atoms with Gasteiger partial charge in [-0.1, -0.05) is 30.3 Å². The summed E-state index contributed by atoms with van der Waals surface area (Å²) in [4.78, 5) is 12.6. The summed E-state index contributed by atoms with van der Waals surface area (Å²) in [5.41, 5.74) is 2.30. The Balaban J connectivity index is 2.08. The van der Waals surface area contributed by atoms with E-state index in [0.717, 1.165) is 11.1 Å². The van der Waals surface area contributed by atoms with Gasteiger partial charge < -0.3 is 14.2 Å². The highest BCUT2D eigenvalue weighted by Crippen LogP contribution is 2.44. The second-order valence-corrected chi connectivity index (χ2v) is 5.25. The van der Waals surface area contributed by atoms with Gasteiger partial charge in [-0.3, -0.25) is 4.79 Å². The summed E-state index contributed by atoms with van der Waals surface area (Å²) in [6, 6.07) is 11.5. The lowest BCUT2D eigenvalue weighted by atomic mass is 9.94. The second kappa shape index (κ2) is 5.72. The third-order valence-electron chi connectivity index (χ3n) is 3.96. The Bertz CT molecular complexity index is 707. The van der Waals surface area contributed by atoms with Crippen LogP contribution in [0.1, 0.15) is 34.0 Å². The van der Waals surface area contributed by atoms with E-state index in [1.807, 2.05) is 37.3 Å². The van der Waals surface area contributed by atoms with E-state index in [1.165, 1.54) is 0 Å². The molecule has 22 heavy (non-hydrogen) atoms. The Morgan fingerprint density at radius 1 is 1.14 bits per heavy atom. The van der Waals surface area contributed by atoms with E-state index in [0.29, 0.717) is 29.2 Å². The van der Waals surface area contributed by atoms with Gasteiger partial charge in [0, 0.05) is 11.6 Å². The van der Waals surface area contributed by atoms with Crippen LogP contribution in [0.2, 0.25) is 0 Å². The Labute approximate surface area is 129 Å². The highest BCUT2D eigenvalue weighted by Gasteiger charge is 2.32. The number of benzene rings is 2. The third kappa shape index (κ3) is 2.30. The van der Waals surface area contributed by atoms with Gasteiger partial charge in [0.25, 0.3) is 0 Å². The van der Waals surface area contributed by atoms with Crippen molar-refractivity contribution in [1.82, 2.24) is 0 Å². The molecule has 0 bridgehead atoms. The lowest BCUT2D eigenvalue weighted by Gasteiger charge is -2.28. The first-order valence-corrected chi connectivity index (χ1v) is 7.16. The second-order valence-electron chi connectivity index (χ2n) is 5.25. The number of rotatable bonds is 3. The Hall–Kier alpha value is -2.49. The van der Waals surface area contributed by atoms with Gasteiger partial charge in [0.15, 0.2) is 5.78 Å². The lowest BCUT2D eigenvalue weighted by Crippen LogP contribution is -2.21. The van der Waals surface area contributed by atoms with Crippen LogP contribution in [0.5, 0.6) is 17.2 Å². The minimum Gasteiger partial charge on any atom is -0.496 e. The van der Waals surface area contributed by atoms with Crippen molar-refractivity contribution in [3.8, 4) is 17.2 Å². The van der Waals surface area contributed by atoms with Gasteiger partial charge in [0.05, 0.1) is 20.6 Å². The molecule has 0 fully saturated rings. The summed E-state index contributed by atoms with van der Waals surface area (Å²) in [7, 11) is 3.14. The summed E-state index contributed by atoms with van der Waals surface area (Å²) in [5, 5.41) is 0. The van der Waals surface area contributed by atoms with Gasteiger partial charge in [-0.25, -0.2) is 0 Å². The van der Waals surface area contributed by atoms with Crippen LogP contribution < -0.4 is 14.2 Å². The fourth-order valence-corrected chi connectivity index (χ4v) is 2.85. The molecule has 1 atom stereocenters. The average Bonchev–Trinajstić information content (AvgIpc) is 2.55. The van der Waals surface area contributed by atoms with E-state index >= 15 is 0 Å². The zero-order valence-corrected chi connectivity index (χ0v) is 12.9. The number of ether oxygens (including phenoxy) is 3. The molecule has 1 heterocycles.